The molecule has 0 spiro atoms. The summed E-state index contributed by atoms with van der Waals surface area (Å²) in [5, 5.41) is 14.4. The van der Waals surface area contributed by atoms with E-state index in [1.54, 1.807) is 11.3 Å². The first-order valence-electron chi connectivity index (χ1n) is 7.44. The Morgan fingerprint density at radius 2 is 2.00 bits per heavy atom. The van der Waals surface area contributed by atoms with Crippen molar-refractivity contribution in [2.24, 2.45) is 11.3 Å². The van der Waals surface area contributed by atoms with Crippen LogP contribution in [0.2, 0.25) is 0 Å². The normalized spacial score (nSPS) is 22.3. The zero-order valence-electron chi connectivity index (χ0n) is 12.9. The predicted octanol–water partition coefficient (Wildman–Crippen LogP) is 3.64. The van der Waals surface area contributed by atoms with Gasteiger partial charge in [-0.1, -0.05) is 11.8 Å². The number of hydrogen-bond donors (Lipinski definition) is 2. The number of aliphatic hydroxyl groups is 1. The van der Waals surface area contributed by atoms with E-state index in [9.17, 15) is 9.90 Å². The molecule has 1 aliphatic carbocycles. The zero-order valence-corrected chi connectivity index (χ0v) is 13.7. The van der Waals surface area contributed by atoms with Gasteiger partial charge in [0, 0.05) is 16.7 Å². The fraction of sp³-hybridized carbons (Fsp3) is 0.588. The van der Waals surface area contributed by atoms with Gasteiger partial charge in [0.1, 0.15) is 0 Å². The SMILES string of the molecule is CC(C)(C)C#Cc1cc(NC(=O)[C@H]2CC[C@H](O)CC2)cs1. The van der Waals surface area contributed by atoms with Crippen LogP contribution >= 0.6 is 11.3 Å². The maximum absolute atomic E-state index is 12.2. The lowest BCUT2D eigenvalue weighted by atomic mass is 9.87. The van der Waals surface area contributed by atoms with Crippen molar-refractivity contribution in [2.75, 3.05) is 5.32 Å². The molecule has 1 aromatic heterocycles. The molecule has 0 unspecified atom stereocenters. The van der Waals surface area contributed by atoms with Gasteiger partial charge >= 0.3 is 0 Å². The number of thiophene rings is 1. The van der Waals surface area contributed by atoms with Gasteiger partial charge in [-0.2, -0.15) is 0 Å². The molecule has 0 bridgehead atoms. The van der Waals surface area contributed by atoms with Gasteiger partial charge < -0.3 is 10.4 Å². The summed E-state index contributed by atoms with van der Waals surface area (Å²) in [5.74, 6) is 6.43. The molecule has 1 fully saturated rings. The molecule has 0 atom stereocenters. The third-order valence-corrected chi connectivity index (χ3v) is 4.34. The first-order chi connectivity index (χ1) is 9.83. The van der Waals surface area contributed by atoms with Gasteiger partial charge in [-0.05, 0) is 52.5 Å². The molecule has 1 aromatic rings. The minimum Gasteiger partial charge on any atom is -0.393 e. The molecule has 2 N–H and O–H groups in total. The highest BCUT2D eigenvalue weighted by molar-refractivity contribution is 7.11. The highest BCUT2D eigenvalue weighted by Gasteiger charge is 2.25. The van der Waals surface area contributed by atoms with Crippen LogP contribution in [-0.4, -0.2) is 17.1 Å². The number of aliphatic hydroxyl groups excluding tert-OH is 1. The van der Waals surface area contributed by atoms with Crippen molar-refractivity contribution in [1.29, 1.82) is 0 Å². The van der Waals surface area contributed by atoms with Gasteiger partial charge in [-0.15, -0.1) is 11.3 Å². The van der Waals surface area contributed by atoms with E-state index >= 15 is 0 Å². The summed E-state index contributed by atoms with van der Waals surface area (Å²) in [7, 11) is 0. The van der Waals surface area contributed by atoms with Crippen molar-refractivity contribution >= 4 is 22.9 Å². The fourth-order valence-corrected chi connectivity index (χ4v) is 2.98. The maximum Gasteiger partial charge on any atom is 0.227 e. The van der Waals surface area contributed by atoms with Crippen LogP contribution in [0, 0.1) is 23.2 Å². The second kappa shape index (κ2) is 6.64. The van der Waals surface area contributed by atoms with Gasteiger partial charge in [0.05, 0.1) is 16.7 Å². The third kappa shape index (κ3) is 5.18. The molecule has 1 aliphatic rings. The molecule has 0 aromatic carbocycles. The number of nitrogens with one attached hydrogen (secondary N) is 1. The summed E-state index contributed by atoms with van der Waals surface area (Å²) < 4.78 is 0. The molecule has 0 saturated heterocycles. The van der Waals surface area contributed by atoms with Crippen molar-refractivity contribution in [3.05, 3.63) is 16.3 Å². The number of amides is 1. The standard InChI is InChI=1S/C17H23NO2S/c1-17(2,3)9-8-15-10-13(11-21-15)18-16(20)12-4-6-14(19)7-5-12/h10-12,14,19H,4-7H2,1-3H3,(H,18,20)/t12-,14-. The zero-order chi connectivity index (χ0) is 15.5. The Kier molecular flexibility index (Phi) is 5.08. The van der Waals surface area contributed by atoms with Crippen LogP contribution in [0.3, 0.4) is 0 Å². The maximum atomic E-state index is 12.2. The Balaban J connectivity index is 1.93. The molecule has 2 rings (SSSR count). The van der Waals surface area contributed by atoms with E-state index in [2.05, 4.69) is 37.9 Å². The molecule has 1 amide bonds. The van der Waals surface area contributed by atoms with Gasteiger partial charge in [-0.25, -0.2) is 0 Å². The van der Waals surface area contributed by atoms with Gasteiger partial charge in [0.2, 0.25) is 5.91 Å². The van der Waals surface area contributed by atoms with E-state index < -0.39 is 0 Å². The predicted molar refractivity (Wildman–Crippen MR) is 87.2 cm³/mol. The van der Waals surface area contributed by atoms with Crippen LogP contribution in [0.1, 0.15) is 51.3 Å². The van der Waals surface area contributed by atoms with E-state index in [1.807, 2.05) is 11.4 Å². The van der Waals surface area contributed by atoms with Gasteiger partial charge in [0.25, 0.3) is 0 Å². The Morgan fingerprint density at radius 3 is 2.62 bits per heavy atom. The topological polar surface area (TPSA) is 49.3 Å². The average Bonchev–Trinajstić information content (AvgIpc) is 2.84. The van der Waals surface area contributed by atoms with Crippen molar-refractivity contribution < 1.29 is 9.90 Å². The summed E-state index contributed by atoms with van der Waals surface area (Å²) >= 11 is 1.55. The lowest BCUT2D eigenvalue weighted by Crippen LogP contribution is -2.28. The first-order valence-corrected chi connectivity index (χ1v) is 8.32. The van der Waals surface area contributed by atoms with E-state index in [-0.39, 0.29) is 23.3 Å². The number of anilines is 1. The molecular formula is C17H23NO2S. The summed E-state index contributed by atoms with van der Waals surface area (Å²) in [4.78, 5) is 13.1. The summed E-state index contributed by atoms with van der Waals surface area (Å²) in [6.07, 6.45) is 2.77. The van der Waals surface area contributed by atoms with Crippen molar-refractivity contribution in [1.82, 2.24) is 0 Å². The molecule has 21 heavy (non-hydrogen) atoms. The second-order valence-corrected chi connectivity index (χ2v) is 7.61. The highest BCUT2D eigenvalue weighted by atomic mass is 32.1. The Bertz CT molecular complexity index is 551. The molecule has 4 heteroatoms. The molecule has 1 saturated carbocycles. The number of rotatable bonds is 2. The van der Waals surface area contributed by atoms with E-state index in [4.69, 9.17) is 0 Å². The van der Waals surface area contributed by atoms with Gasteiger partial charge in [-0.3, -0.25) is 4.79 Å². The van der Waals surface area contributed by atoms with Crippen LogP contribution in [0.4, 0.5) is 5.69 Å². The monoisotopic (exact) mass is 305 g/mol. The van der Waals surface area contributed by atoms with Crippen molar-refractivity contribution in [3.8, 4) is 11.8 Å². The molecular weight excluding hydrogens is 282 g/mol. The van der Waals surface area contributed by atoms with Crippen LogP contribution in [0.5, 0.6) is 0 Å². The summed E-state index contributed by atoms with van der Waals surface area (Å²) in [5.41, 5.74) is 0.811. The molecule has 0 aliphatic heterocycles. The third-order valence-electron chi connectivity index (χ3n) is 3.50. The van der Waals surface area contributed by atoms with E-state index in [1.165, 1.54) is 0 Å². The van der Waals surface area contributed by atoms with Crippen LogP contribution in [-0.2, 0) is 4.79 Å². The summed E-state index contributed by atoms with van der Waals surface area (Å²) in [6, 6.07) is 1.93. The number of hydrogen-bond acceptors (Lipinski definition) is 3. The minimum atomic E-state index is -0.227. The molecule has 1 heterocycles. The molecule has 114 valence electrons. The Labute approximate surface area is 130 Å². The Hall–Kier alpha value is -1.31. The lowest BCUT2D eigenvalue weighted by molar-refractivity contribution is -0.121. The van der Waals surface area contributed by atoms with Crippen molar-refractivity contribution in [2.45, 2.75) is 52.6 Å². The van der Waals surface area contributed by atoms with Crippen LogP contribution in [0.25, 0.3) is 0 Å². The smallest absolute Gasteiger partial charge is 0.227 e. The molecule has 0 radical (unpaired) electrons. The van der Waals surface area contributed by atoms with E-state index in [0.717, 1.165) is 36.2 Å². The second-order valence-electron chi connectivity index (χ2n) is 6.69. The quantitative estimate of drug-likeness (QED) is 0.820. The largest absolute Gasteiger partial charge is 0.393 e. The average molecular weight is 305 g/mol. The van der Waals surface area contributed by atoms with Crippen molar-refractivity contribution in [3.63, 3.8) is 0 Å². The van der Waals surface area contributed by atoms with Gasteiger partial charge in [0.15, 0.2) is 0 Å². The van der Waals surface area contributed by atoms with Crippen LogP contribution in [0.15, 0.2) is 11.4 Å². The first kappa shape index (κ1) is 16.1. The molecule has 3 nitrogen and oxygen atoms in total. The highest BCUT2D eigenvalue weighted by Crippen LogP contribution is 2.26. The fourth-order valence-electron chi connectivity index (χ4n) is 2.30. The minimum absolute atomic E-state index is 0.0175. The van der Waals surface area contributed by atoms with E-state index in [0.29, 0.717) is 0 Å². The summed E-state index contributed by atoms with van der Waals surface area (Å²) in [6.45, 7) is 6.23. The Morgan fingerprint density at radius 1 is 1.33 bits per heavy atom. The number of carbonyl (C=O) groups is 1. The lowest BCUT2D eigenvalue weighted by Gasteiger charge is -2.24. The van der Waals surface area contributed by atoms with Crippen LogP contribution < -0.4 is 5.32 Å². The number of carbonyl (C=O) groups excluding carboxylic acids is 1.